The van der Waals surface area contributed by atoms with Gasteiger partial charge >= 0.3 is 0 Å². The molecule has 0 aliphatic heterocycles. The minimum atomic E-state index is 0.570. The van der Waals surface area contributed by atoms with Crippen molar-refractivity contribution < 1.29 is 0 Å². The SMILES string of the molecule is CC=CC(C=Cc1ccccc1)CC. The zero-order valence-corrected chi connectivity index (χ0v) is 8.98. The Hall–Kier alpha value is -1.30. The van der Waals surface area contributed by atoms with E-state index in [-0.39, 0.29) is 0 Å². The summed E-state index contributed by atoms with van der Waals surface area (Å²) in [6.45, 7) is 4.28. The van der Waals surface area contributed by atoms with Gasteiger partial charge in [-0.1, -0.05) is 61.6 Å². The van der Waals surface area contributed by atoms with Crippen LogP contribution in [0.4, 0.5) is 0 Å². The normalized spacial score (nSPS) is 13.9. The second-order valence-electron chi connectivity index (χ2n) is 3.37. The summed E-state index contributed by atoms with van der Waals surface area (Å²) >= 11 is 0. The van der Waals surface area contributed by atoms with Crippen LogP contribution in [-0.4, -0.2) is 0 Å². The summed E-state index contributed by atoms with van der Waals surface area (Å²) in [5.74, 6) is 0.570. The lowest BCUT2D eigenvalue weighted by Crippen LogP contribution is -1.87. The van der Waals surface area contributed by atoms with Gasteiger partial charge in [0.25, 0.3) is 0 Å². The molecule has 1 atom stereocenters. The summed E-state index contributed by atoms with van der Waals surface area (Å²) < 4.78 is 0. The largest absolute Gasteiger partial charge is 0.0911 e. The third kappa shape index (κ3) is 3.61. The fourth-order valence-electron chi connectivity index (χ4n) is 1.38. The van der Waals surface area contributed by atoms with Gasteiger partial charge in [-0.3, -0.25) is 0 Å². The van der Waals surface area contributed by atoms with E-state index in [0.717, 1.165) is 6.42 Å². The summed E-state index contributed by atoms with van der Waals surface area (Å²) in [6, 6.07) is 10.4. The van der Waals surface area contributed by atoms with Crippen LogP contribution in [0.1, 0.15) is 25.8 Å². The second-order valence-corrected chi connectivity index (χ2v) is 3.37. The fraction of sp³-hybridized carbons (Fsp3) is 0.286. The third-order valence-electron chi connectivity index (χ3n) is 2.25. The van der Waals surface area contributed by atoms with Crippen LogP contribution in [0.15, 0.2) is 48.6 Å². The van der Waals surface area contributed by atoms with Crippen molar-refractivity contribution in [1.82, 2.24) is 0 Å². The number of hydrogen-bond acceptors (Lipinski definition) is 0. The molecule has 0 fully saturated rings. The average molecular weight is 186 g/mol. The number of hydrogen-bond donors (Lipinski definition) is 0. The highest BCUT2D eigenvalue weighted by molar-refractivity contribution is 5.49. The third-order valence-corrected chi connectivity index (χ3v) is 2.25. The van der Waals surface area contributed by atoms with Crippen LogP contribution < -0.4 is 0 Å². The van der Waals surface area contributed by atoms with Crippen LogP contribution in [0.5, 0.6) is 0 Å². The Morgan fingerprint density at radius 3 is 2.43 bits per heavy atom. The molecule has 14 heavy (non-hydrogen) atoms. The smallest absolute Gasteiger partial charge is 0.00529 e. The van der Waals surface area contributed by atoms with Crippen molar-refractivity contribution in [3.8, 4) is 0 Å². The average Bonchev–Trinajstić information content (AvgIpc) is 2.25. The molecule has 0 nitrogen and oxygen atoms in total. The van der Waals surface area contributed by atoms with E-state index < -0.39 is 0 Å². The Balaban J connectivity index is 2.62. The molecule has 0 heterocycles. The number of allylic oxidation sites excluding steroid dienone is 3. The molecule has 1 aromatic carbocycles. The van der Waals surface area contributed by atoms with Crippen molar-refractivity contribution in [3.05, 3.63) is 54.1 Å². The highest BCUT2D eigenvalue weighted by Crippen LogP contribution is 2.10. The number of rotatable bonds is 4. The lowest BCUT2D eigenvalue weighted by molar-refractivity contribution is 0.776. The molecule has 1 rings (SSSR count). The van der Waals surface area contributed by atoms with Gasteiger partial charge < -0.3 is 0 Å². The Labute approximate surface area is 87.0 Å². The monoisotopic (exact) mass is 186 g/mol. The molecular formula is C14H18. The topological polar surface area (TPSA) is 0 Å². The van der Waals surface area contributed by atoms with Crippen LogP contribution >= 0.6 is 0 Å². The molecule has 0 saturated heterocycles. The minimum Gasteiger partial charge on any atom is -0.0911 e. The predicted octanol–water partition coefficient (Wildman–Crippen LogP) is 4.30. The molecule has 0 aromatic heterocycles. The molecule has 0 spiro atoms. The van der Waals surface area contributed by atoms with Crippen LogP contribution in [0.3, 0.4) is 0 Å². The molecule has 0 N–H and O–H groups in total. The van der Waals surface area contributed by atoms with E-state index in [2.05, 4.69) is 62.4 Å². The quantitative estimate of drug-likeness (QED) is 0.615. The van der Waals surface area contributed by atoms with Crippen molar-refractivity contribution >= 4 is 6.08 Å². The zero-order chi connectivity index (χ0) is 10.2. The molecule has 1 aromatic rings. The van der Waals surface area contributed by atoms with E-state index in [1.165, 1.54) is 5.56 Å². The number of benzene rings is 1. The van der Waals surface area contributed by atoms with Gasteiger partial charge in [-0.2, -0.15) is 0 Å². The first kappa shape index (κ1) is 10.8. The highest BCUT2D eigenvalue weighted by atomic mass is 14.0. The molecule has 0 bridgehead atoms. The second kappa shape index (κ2) is 6.20. The van der Waals surface area contributed by atoms with Gasteiger partial charge in [0.2, 0.25) is 0 Å². The van der Waals surface area contributed by atoms with E-state index in [9.17, 15) is 0 Å². The van der Waals surface area contributed by atoms with E-state index in [0.29, 0.717) is 5.92 Å². The van der Waals surface area contributed by atoms with E-state index in [1.807, 2.05) is 6.07 Å². The van der Waals surface area contributed by atoms with Gasteiger partial charge in [-0.15, -0.1) is 0 Å². The zero-order valence-electron chi connectivity index (χ0n) is 8.98. The molecule has 0 radical (unpaired) electrons. The van der Waals surface area contributed by atoms with E-state index in [1.54, 1.807) is 0 Å². The summed E-state index contributed by atoms with van der Waals surface area (Å²) in [6.07, 6.45) is 9.96. The molecule has 0 heteroatoms. The molecule has 1 unspecified atom stereocenters. The molecular weight excluding hydrogens is 168 g/mol. The Morgan fingerprint density at radius 2 is 1.86 bits per heavy atom. The molecule has 74 valence electrons. The van der Waals surface area contributed by atoms with Gasteiger partial charge in [0.05, 0.1) is 0 Å². The summed E-state index contributed by atoms with van der Waals surface area (Å²) in [5, 5.41) is 0. The summed E-state index contributed by atoms with van der Waals surface area (Å²) in [7, 11) is 0. The van der Waals surface area contributed by atoms with Gasteiger partial charge in [-0.25, -0.2) is 0 Å². The first-order valence-electron chi connectivity index (χ1n) is 5.23. The van der Waals surface area contributed by atoms with Crippen LogP contribution in [-0.2, 0) is 0 Å². The maximum Gasteiger partial charge on any atom is -0.00529 e. The molecule has 0 saturated carbocycles. The van der Waals surface area contributed by atoms with Gasteiger partial charge in [0.15, 0.2) is 0 Å². The van der Waals surface area contributed by atoms with Crippen molar-refractivity contribution in [2.24, 2.45) is 5.92 Å². The van der Waals surface area contributed by atoms with Crippen LogP contribution in [0.25, 0.3) is 6.08 Å². The van der Waals surface area contributed by atoms with E-state index in [4.69, 9.17) is 0 Å². The van der Waals surface area contributed by atoms with Crippen LogP contribution in [0.2, 0.25) is 0 Å². The maximum absolute atomic E-state index is 2.26. The van der Waals surface area contributed by atoms with Crippen molar-refractivity contribution in [2.75, 3.05) is 0 Å². The Bertz CT molecular complexity index is 293. The summed E-state index contributed by atoms with van der Waals surface area (Å²) in [4.78, 5) is 0. The van der Waals surface area contributed by atoms with Gasteiger partial charge in [-0.05, 0) is 24.8 Å². The Kier molecular flexibility index (Phi) is 4.77. The van der Waals surface area contributed by atoms with E-state index >= 15 is 0 Å². The van der Waals surface area contributed by atoms with Crippen molar-refractivity contribution in [2.45, 2.75) is 20.3 Å². The fourth-order valence-corrected chi connectivity index (χ4v) is 1.38. The maximum atomic E-state index is 2.26. The van der Waals surface area contributed by atoms with Crippen LogP contribution in [0, 0.1) is 5.92 Å². The van der Waals surface area contributed by atoms with Crippen molar-refractivity contribution in [1.29, 1.82) is 0 Å². The minimum absolute atomic E-state index is 0.570. The predicted molar refractivity (Wildman–Crippen MR) is 64.1 cm³/mol. The summed E-state index contributed by atoms with van der Waals surface area (Å²) in [5.41, 5.74) is 1.27. The first-order chi connectivity index (χ1) is 6.86. The Morgan fingerprint density at radius 1 is 1.14 bits per heavy atom. The van der Waals surface area contributed by atoms with Gasteiger partial charge in [0.1, 0.15) is 0 Å². The first-order valence-corrected chi connectivity index (χ1v) is 5.23. The molecule has 0 aliphatic rings. The molecule has 0 aliphatic carbocycles. The lowest BCUT2D eigenvalue weighted by Gasteiger charge is -2.01. The lowest BCUT2D eigenvalue weighted by atomic mass is 10.0. The molecule has 0 amide bonds. The van der Waals surface area contributed by atoms with Gasteiger partial charge in [0, 0.05) is 0 Å². The standard InChI is InChI=1S/C14H18/c1-3-8-13(4-2)11-12-14-9-6-5-7-10-14/h3,5-13H,4H2,1-2H3. The van der Waals surface area contributed by atoms with Crippen molar-refractivity contribution in [3.63, 3.8) is 0 Å². The highest BCUT2D eigenvalue weighted by Gasteiger charge is 1.93.